The van der Waals surface area contributed by atoms with Crippen molar-refractivity contribution >= 4 is 17.5 Å². The molecule has 0 unspecified atom stereocenters. The van der Waals surface area contributed by atoms with Crippen molar-refractivity contribution in [1.29, 1.82) is 0 Å². The number of para-hydroxylation sites is 1. The number of aromatic nitrogens is 2. The Morgan fingerprint density at radius 3 is 2.70 bits per heavy atom. The molecule has 134 valence electrons. The van der Waals surface area contributed by atoms with Crippen molar-refractivity contribution in [3.63, 3.8) is 0 Å². The molecule has 4 rings (SSSR count). The Bertz CT molecular complexity index is 1140. The Hall–Kier alpha value is -3.81. The molecule has 0 fully saturated rings. The van der Waals surface area contributed by atoms with Crippen molar-refractivity contribution in [2.24, 2.45) is 0 Å². The molecule has 0 radical (unpaired) electrons. The van der Waals surface area contributed by atoms with Gasteiger partial charge in [0.2, 0.25) is 0 Å². The number of benzene rings is 2. The average molecular weight is 364 g/mol. The lowest BCUT2D eigenvalue weighted by Gasteiger charge is -2.10. The van der Waals surface area contributed by atoms with Crippen LogP contribution in [0.25, 0.3) is 5.69 Å². The summed E-state index contributed by atoms with van der Waals surface area (Å²) < 4.78 is 14.8. The van der Waals surface area contributed by atoms with Gasteiger partial charge in [0.05, 0.1) is 11.3 Å². The van der Waals surface area contributed by atoms with Crippen molar-refractivity contribution in [3.8, 4) is 5.69 Å². The van der Waals surface area contributed by atoms with Gasteiger partial charge in [0, 0.05) is 12.6 Å². The lowest BCUT2D eigenvalue weighted by molar-refractivity contribution is 0.0966. The molecular weight excluding hydrogens is 351 g/mol. The molecule has 1 aliphatic rings. The molecule has 0 saturated heterocycles. The third kappa shape index (κ3) is 2.97. The Labute approximate surface area is 152 Å². The van der Waals surface area contributed by atoms with Gasteiger partial charge in [0.25, 0.3) is 17.4 Å². The maximum absolute atomic E-state index is 14.0. The molecule has 7 nitrogen and oxygen atoms in total. The second-order valence-corrected chi connectivity index (χ2v) is 5.90. The number of rotatable bonds is 3. The van der Waals surface area contributed by atoms with Crippen molar-refractivity contribution in [3.05, 3.63) is 87.6 Å². The van der Waals surface area contributed by atoms with Gasteiger partial charge in [-0.1, -0.05) is 24.3 Å². The lowest BCUT2D eigenvalue weighted by atomic mass is 10.1. The summed E-state index contributed by atoms with van der Waals surface area (Å²) in [7, 11) is 0. The van der Waals surface area contributed by atoms with Gasteiger partial charge < -0.3 is 10.6 Å². The molecule has 1 aliphatic heterocycles. The smallest absolute Gasteiger partial charge is 0.276 e. The van der Waals surface area contributed by atoms with Crippen LogP contribution >= 0.6 is 0 Å². The molecule has 2 heterocycles. The maximum Gasteiger partial charge on any atom is 0.276 e. The molecule has 0 aliphatic carbocycles. The van der Waals surface area contributed by atoms with E-state index in [-0.39, 0.29) is 17.3 Å². The quantitative estimate of drug-likeness (QED) is 0.742. The minimum absolute atomic E-state index is 0.0582. The zero-order chi connectivity index (χ0) is 19.0. The van der Waals surface area contributed by atoms with Crippen LogP contribution in [-0.4, -0.2) is 21.6 Å². The topological polar surface area (TPSA) is 93.1 Å². The van der Waals surface area contributed by atoms with Gasteiger partial charge in [-0.05, 0) is 29.8 Å². The monoisotopic (exact) mass is 364 g/mol. The number of hydrogen-bond acceptors (Lipinski definition) is 4. The first-order valence-corrected chi connectivity index (χ1v) is 8.11. The SMILES string of the molecule is O=C(Nc1cccc2c1C(=O)NC2)c1ccc(=O)n(-c2ccccc2F)n1. The predicted octanol–water partition coefficient (Wildman–Crippen LogP) is 1.87. The summed E-state index contributed by atoms with van der Waals surface area (Å²) in [4.78, 5) is 36.6. The number of nitrogens with one attached hydrogen (secondary N) is 2. The first kappa shape index (κ1) is 16.6. The van der Waals surface area contributed by atoms with Crippen molar-refractivity contribution in [2.75, 3.05) is 5.32 Å². The molecule has 8 heteroatoms. The van der Waals surface area contributed by atoms with E-state index >= 15 is 0 Å². The van der Waals surface area contributed by atoms with E-state index in [2.05, 4.69) is 15.7 Å². The number of fused-ring (bicyclic) bond motifs is 1. The van der Waals surface area contributed by atoms with Crippen LogP contribution in [0.4, 0.5) is 10.1 Å². The van der Waals surface area contributed by atoms with Crippen LogP contribution in [0.1, 0.15) is 26.4 Å². The number of carbonyl (C=O) groups is 2. The van der Waals surface area contributed by atoms with Gasteiger partial charge >= 0.3 is 0 Å². The van der Waals surface area contributed by atoms with Gasteiger partial charge in [0.15, 0.2) is 0 Å². The molecule has 3 aromatic rings. The van der Waals surface area contributed by atoms with Crippen molar-refractivity contribution in [1.82, 2.24) is 15.1 Å². The summed E-state index contributed by atoms with van der Waals surface area (Å²) in [6, 6.07) is 13.1. The number of hydrogen-bond donors (Lipinski definition) is 2. The standard InChI is InChI=1S/C19H13FN4O3/c20-12-5-1-2-7-15(12)24-16(25)9-8-14(23-24)18(26)22-13-6-3-4-11-10-21-19(27)17(11)13/h1-9H,10H2,(H,21,27)(H,22,26). The number of nitrogens with zero attached hydrogens (tertiary/aromatic N) is 2. The fraction of sp³-hybridized carbons (Fsp3) is 0.0526. The predicted molar refractivity (Wildman–Crippen MR) is 95.4 cm³/mol. The zero-order valence-electron chi connectivity index (χ0n) is 13.9. The highest BCUT2D eigenvalue weighted by molar-refractivity contribution is 6.09. The van der Waals surface area contributed by atoms with Gasteiger partial charge in [-0.15, -0.1) is 0 Å². The normalized spacial score (nSPS) is 12.4. The number of carbonyl (C=O) groups excluding carboxylic acids is 2. The number of halogens is 1. The Balaban J connectivity index is 1.70. The molecule has 0 saturated carbocycles. The fourth-order valence-corrected chi connectivity index (χ4v) is 2.90. The molecule has 1 aromatic heterocycles. The first-order valence-electron chi connectivity index (χ1n) is 8.11. The molecule has 2 aromatic carbocycles. The van der Waals surface area contributed by atoms with E-state index in [9.17, 15) is 18.8 Å². The minimum atomic E-state index is -0.637. The summed E-state index contributed by atoms with van der Waals surface area (Å²) in [5.41, 5.74) is 0.802. The van der Waals surface area contributed by atoms with Crippen LogP contribution in [0.5, 0.6) is 0 Å². The third-order valence-corrected chi connectivity index (χ3v) is 4.18. The Morgan fingerprint density at radius 2 is 1.89 bits per heavy atom. The molecular formula is C19H13FN4O3. The van der Waals surface area contributed by atoms with E-state index in [0.29, 0.717) is 17.8 Å². The molecule has 0 atom stereocenters. The van der Waals surface area contributed by atoms with E-state index in [0.717, 1.165) is 16.3 Å². The summed E-state index contributed by atoms with van der Waals surface area (Å²) in [5.74, 6) is -1.53. The summed E-state index contributed by atoms with van der Waals surface area (Å²) in [6.45, 7) is 0.397. The van der Waals surface area contributed by atoms with Gasteiger partial charge in [-0.3, -0.25) is 14.4 Å². The van der Waals surface area contributed by atoms with Crippen molar-refractivity contribution in [2.45, 2.75) is 6.54 Å². The fourth-order valence-electron chi connectivity index (χ4n) is 2.90. The summed E-state index contributed by atoms with van der Waals surface area (Å²) in [5, 5.41) is 9.28. The van der Waals surface area contributed by atoms with E-state index in [1.54, 1.807) is 24.3 Å². The highest BCUT2D eigenvalue weighted by Gasteiger charge is 2.23. The van der Waals surface area contributed by atoms with Crippen LogP contribution < -0.4 is 16.2 Å². The van der Waals surface area contributed by atoms with Crippen LogP contribution in [-0.2, 0) is 6.54 Å². The average Bonchev–Trinajstić information content (AvgIpc) is 3.05. The van der Waals surface area contributed by atoms with Gasteiger partial charge in [-0.2, -0.15) is 9.78 Å². The largest absolute Gasteiger partial charge is 0.348 e. The molecule has 2 N–H and O–H groups in total. The summed E-state index contributed by atoms with van der Waals surface area (Å²) in [6.07, 6.45) is 0. The maximum atomic E-state index is 14.0. The van der Waals surface area contributed by atoms with Crippen LogP contribution in [0.3, 0.4) is 0 Å². The van der Waals surface area contributed by atoms with Crippen molar-refractivity contribution < 1.29 is 14.0 Å². The van der Waals surface area contributed by atoms with Gasteiger partial charge in [-0.25, -0.2) is 4.39 Å². The van der Waals surface area contributed by atoms with Crippen LogP contribution in [0.15, 0.2) is 59.4 Å². The van der Waals surface area contributed by atoms with E-state index in [4.69, 9.17) is 0 Å². The van der Waals surface area contributed by atoms with Crippen LogP contribution in [0.2, 0.25) is 0 Å². The zero-order valence-corrected chi connectivity index (χ0v) is 13.9. The lowest BCUT2D eigenvalue weighted by Crippen LogP contribution is -2.26. The highest BCUT2D eigenvalue weighted by Crippen LogP contribution is 2.24. The molecule has 0 spiro atoms. The van der Waals surface area contributed by atoms with Crippen LogP contribution in [0, 0.1) is 5.82 Å². The highest BCUT2D eigenvalue weighted by atomic mass is 19.1. The second-order valence-electron chi connectivity index (χ2n) is 5.90. The molecule has 0 bridgehead atoms. The van der Waals surface area contributed by atoms with E-state index < -0.39 is 17.3 Å². The second kappa shape index (κ2) is 6.49. The third-order valence-electron chi connectivity index (χ3n) is 4.18. The first-order chi connectivity index (χ1) is 13.0. The molecule has 27 heavy (non-hydrogen) atoms. The number of anilines is 1. The molecule has 2 amide bonds. The minimum Gasteiger partial charge on any atom is -0.348 e. The van der Waals surface area contributed by atoms with Gasteiger partial charge in [0.1, 0.15) is 17.2 Å². The van der Waals surface area contributed by atoms with E-state index in [1.807, 2.05) is 0 Å². The Morgan fingerprint density at radius 1 is 1.07 bits per heavy atom. The van der Waals surface area contributed by atoms with E-state index in [1.165, 1.54) is 24.3 Å². The summed E-state index contributed by atoms with van der Waals surface area (Å²) >= 11 is 0. The number of amides is 2. The Kier molecular flexibility index (Phi) is 4.00.